The lowest BCUT2D eigenvalue weighted by Gasteiger charge is -2.27. The van der Waals surface area contributed by atoms with Crippen molar-refractivity contribution in [3.63, 3.8) is 0 Å². The summed E-state index contributed by atoms with van der Waals surface area (Å²) >= 11 is 3.07. The van der Waals surface area contributed by atoms with Crippen molar-refractivity contribution in [1.82, 2.24) is 0 Å². The number of hydrogen-bond donors (Lipinski definition) is 2. The number of aromatic hydroxyl groups is 1. The number of hydrogen-bond acceptors (Lipinski definition) is 2. The molecule has 0 aliphatic heterocycles. The molecule has 110 valence electrons. The summed E-state index contributed by atoms with van der Waals surface area (Å²) in [6, 6.07) is 7.44. The van der Waals surface area contributed by atoms with Gasteiger partial charge in [0.15, 0.2) is 0 Å². The molecule has 1 aliphatic rings. The van der Waals surface area contributed by atoms with E-state index in [4.69, 9.17) is 0 Å². The van der Waals surface area contributed by atoms with Gasteiger partial charge in [0.1, 0.15) is 23.1 Å². The zero-order chi connectivity index (χ0) is 15.0. The van der Waals surface area contributed by atoms with Gasteiger partial charge in [0.05, 0.1) is 6.04 Å². The Hall–Kier alpha value is -1.62. The Morgan fingerprint density at radius 2 is 1.86 bits per heavy atom. The van der Waals surface area contributed by atoms with Crippen LogP contribution in [-0.2, 0) is 6.42 Å². The third-order valence-corrected chi connectivity index (χ3v) is 4.23. The predicted octanol–water partition coefficient (Wildman–Crippen LogP) is 4.92. The first-order valence-electron chi connectivity index (χ1n) is 6.77. The number of anilines is 1. The molecule has 0 bridgehead atoms. The summed E-state index contributed by atoms with van der Waals surface area (Å²) in [5, 5.41) is 12.6. The molecular formula is C16H14BrF2NO. The smallest absolute Gasteiger partial charge is 0.150 e. The van der Waals surface area contributed by atoms with Crippen molar-refractivity contribution < 1.29 is 13.9 Å². The lowest BCUT2D eigenvalue weighted by molar-refractivity contribution is 0.471. The lowest BCUT2D eigenvalue weighted by Crippen LogP contribution is -2.18. The van der Waals surface area contributed by atoms with Crippen molar-refractivity contribution in [3.05, 3.63) is 57.6 Å². The fraction of sp³-hybridized carbons (Fsp3) is 0.250. The van der Waals surface area contributed by atoms with Crippen LogP contribution in [-0.4, -0.2) is 5.11 Å². The number of phenols is 1. The summed E-state index contributed by atoms with van der Waals surface area (Å²) < 4.78 is 28.2. The number of aryl methyl sites for hydroxylation is 1. The maximum Gasteiger partial charge on any atom is 0.150 e. The highest BCUT2D eigenvalue weighted by Gasteiger charge is 2.23. The van der Waals surface area contributed by atoms with Crippen molar-refractivity contribution in [2.75, 3.05) is 5.32 Å². The van der Waals surface area contributed by atoms with E-state index in [9.17, 15) is 13.9 Å². The molecule has 2 aromatic carbocycles. The van der Waals surface area contributed by atoms with Crippen molar-refractivity contribution >= 4 is 21.6 Å². The summed E-state index contributed by atoms with van der Waals surface area (Å²) in [6.45, 7) is 0. The number of halogens is 3. The van der Waals surface area contributed by atoms with Gasteiger partial charge >= 0.3 is 0 Å². The highest BCUT2D eigenvalue weighted by Crippen LogP contribution is 2.36. The van der Waals surface area contributed by atoms with E-state index in [1.165, 1.54) is 12.1 Å². The second kappa shape index (κ2) is 5.64. The van der Waals surface area contributed by atoms with Crippen molar-refractivity contribution in [1.29, 1.82) is 0 Å². The standard InChI is InChI=1S/C16H14BrF2NO/c17-10-6-13(18)16(14(19)7-10)20-15-3-1-2-9-4-5-11(21)8-12(9)15/h4-8,15,20-21H,1-3H2. The number of nitrogens with one attached hydrogen (secondary N) is 1. The third-order valence-electron chi connectivity index (χ3n) is 3.77. The van der Waals surface area contributed by atoms with Gasteiger partial charge in [-0.3, -0.25) is 0 Å². The molecule has 1 aliphatic carbocycles. The fourth-order valence-corrected chi connectivity index (χ4v) is 3.19. The summed E-state index contributed by atoms with van der Waals surface area (Å²) in [7, 11) is 0. The van der Waals surface area contributed by atoms with Crippen LogP contribution in [0.3, 0.4) is 0 Å². The number of benzene rings is 2. The van der Waals surface area contributed by atoms with Gasteiger partial charge in [-0.15, -0.1) is 0 Å². The van der Waals surface area contributed by atoms with Crippen LogP contribution in [0.25, 0.3) is 0 Å². The summed E-state index contributed by atoms with van der Waals surface area (Å²) in [4.78, 5) is 0. The Morgan fingerprint density at radius 3 is 2.57 bits per heavy atom. The molecule has 0 spiro atoms. The zero-order valence-electron chi connectivity index (χ0n) is 11.2. The average Bonchev–Trinajstić information content (AvgIpc) is 2.43. The van der Waals surface area contributed by atoms with Gasteiger partial charge in [-0.25, -0.2) is 8.78 Å². The fourth-order valence-electron chi connectivity index (χ4n) is 2.79. The highest BCUT2D eigenvalue weighted by atomic mass is 79.9. The van der Waals surface area contributed by atoms with Crippen LogP contribution in [0.15, 0.2) is 34.8 Å². The van der Waals surface area contributed by atoms with Gasteiger partial charge in [-0.1, -0.05) is 22.0 Å². The minimum absolute atomic E-state index is 0.126. The van der Waals surface area contributed by atoms with Crippen LogP contribution in [0.4, 0.5) is 14.5 Å². The van der Waals surface area contributed by atoms with Crippen LogP contribution in [0.2, 0.25) is 0 Å². The molecule has 0 radical (unpaired) electrons. The largest absolute Gasteiger partial charge is 0.508 e. The monoisotopic (exact) mass is 353 g/mol. The minimum atomic E-state index is -0.630. The molecule has 3 rings (SSSR count). The van der Waals surface area contributed by atoms with Crippen LogP contribution in [0, 0.1) is 11.6 Å². The van der Waals surface area contributed by atoms with E-state index in [-0.39, 0.29) is 17.5 Å². The van der Waals surface area contributed by atoms with Gasteiger partial charge in [-0.2, -0.15) is 0 Å². The highest BCUT2D eigenvalue weighted by molar-refractivity contribution is 9.10. The lowest BCUT2D eigenvalue weighted by atomic mass is 9.87. The van der Waals surface area contributed by atoms with Gasteiger partial charge in [0.25, 0.3) is 0 Å². The van der Waals surface area contributed by atoms with E-state index in [0.29, 0.717) is 4.47 Å². The van der Waals surface area contributed by atoms with E-state index < -0.39 is 11.6 Å². The Morgan fingerprint density at radius 1 is 1.14 bits per heavy atom. The zero-order valence-corrected chi connectivity index (χ0v) is 12.8. The molecule has 21 heavy (non-hydrogen) atoms. The second-order valence-corrected chi connectivity index (χ2v) is 6.13. The van der Waals surface area contributed by atoms with Crippen LogP contribution < -0.4 is 5.32 Å². The Labute approximate surface area is 129 Å². The molecule has 5 heteroatoms. The molecule has 0 amide bonds. The quantitative estimate of drug-likeness (QED) is 0.802. The maximum atomic E-state index is 13.9. The maximum absolute atomic E-state index is 13.9. The van der Waals surface area contributed by atoms with E-state index in [2.05, 4.69) is 21.2 Å². The Bertz CT molecular complexity index is 667. The first-order chi connectivity index (χ1) is 10.0. The molecule has 2 aromatic rings. The molecule has 0 fully saturated rings. The van der Waals surface area contributed by atoms with Crippen LogP contribution in [0.5, 0.6) is 5.75 Å². The molecule has 0 saturated carbocycles. The van der Waals surface area contributed by atoms with Crippen molar-refractivity contribution in [3.8, 4) is 5.75 Å². The predicted molar refractivity (Wildman–Crippen MR) is 81.5 cm³/mol. The first kappa shape index (κ1) is 14.3. The molecule has 0 heterocycles. The molecule has 1 unspecified atom stereocenters. The number of fused-ring (bicyclic) bond motifs is 1. The van der Waals surface area contributed by atoms with E-state index in [1.54, 1.807) is 12.1 Å². The third kappa shape index (κ3) is 2.88. The van der Waals surface area contributed by atoms with E-state index in [1.807, 2.05) is 6.07 Å². The Balaban J connectivity index is 1.96. The number of rotatable bonds is 2. The van der Waals surface area contributed by atoms with Crippen LogP contribution in [0.1, 0.15) is 30.0 Å². The molecule has 0 aromatic heterocycles. The van der Waals surface area contributed by atoms with Gasteiger partial charge in [0, 0.05) is 4.47 Å². The van der Waals surface area contributed by atoms with Crippen LogP contribution >= 0.6 is 15.9 Å². The summed E-state index contributed by atoms with van der Waals surface area (Å²) in [5.74, 6) is -1.09. The minimum Gasteiger partial charge on any atom is -0.508 e. The topological polar surface area (TPSA) is 32.3 Å². The van der Waals surface area contributed by atoms with Crippen molar-refractivity contribution in [2.45, 2.75) is 25.3 Å². The van der Waals surface area contributed by atoms with Gasteiger partial charge < -0.3 is 10.4 Å². The molecule has 2 N–H and O–H groups in total. The molecule has 0 saturated heterocycles. The molecule has 1 atom stereocenters. The van der Waals surface area contributed by atoms with Gasteiger partial charge in [-0.05, 0) is 54.7 Å². The molecular weight excluding hydrogens is 340 g/mol. The Kier molecular flexibility index (Phi) is 3.85. The van der Waals surface area contributed by atoms with Crippen molar-refractivity contribution in [2.24, 2.45) is 0 Å². The summed E-state index contributed by atoms with van der Waals surface area (Å²) in [6.07, 6.45) is 2.62. The van der Waals surface area contributed by atoms with E-state index in [0.717, 1.165) is 30.4 Å². The SMILES string of the molecule is Oc1ccc2c(c1)C(Nc1c(F)cc(Br)cc1F)CCC2. The van der Waals surface area contributed by atoms with E-state index >= 15 is 0 Å². The summed E-state index contributed by atoms with van der Waals surface area (Å²) in [5.41, 5.74) is 1.89. The second-order valence-electron chi connectivity index (χ2n) is 5.22. The average molecular weight is 354 g/mol. The van der Waals surface area contributed by atoms with Gasteiger partial charge in [0.2, 0.25) is 0 Å². The first-order valence-corrected chi connectivity index (χ1v) is 7.57. The normalized spacial score (nSPS) is 17.4. The number of phenolic OH excluding ortho intramolecular Hbond substituents is 1. The molecule has 2 nitrogen and oxygen atoms in total.